The lowest BCUT2D eigenvalue weighted by Crippen LogP contribution is -2.74. The number of carbonyl (C=O) groups is 4. The number of anilines is 1. The molecule has 2 aliphatic heterocycles. The van der Waals surface area contributed by atoms with Crippen molar-refractivity contribution >= 4 is 81.1 Å². The van der Waals surface area contributed by atoms with E-state index in [1.807, 2.05) is 0 Å². The van der Waals surface area contributed by atoms with Crippen LogP contribution >= 0.6 is 46.4 Å². The minimum atomic E-state index is -1.25. The predicted molar refractivity (Wildman–Crippen MR) is 152 cm³/mol. The summed E-state index contributed by atoms with van der Waals surface area (Å²) in [6.45, 7) is 5.35. The van der Waals surface area contributed by atoms with Crippen molar-refractivity contribution in [3.05, 3.63) is 10.8 Å². The maximum absolute atomic E-state index is 13.0. The van der Waals surface area contributed by atoms with Crippen molar-refractivity contribution in [1.82, 2.24) is 35.1 Å². The fraction of sp³-hybridized carbons (Fsp3) is 0.571. The van der Waals surface area contributed by atoms with Crippen LogP contribution in [-0.4, -0.2) is 101 Å². The number of β-lactam (4-membered cyclic amide) rings is 1. The minimum Gasteiger partial charge on any atom is -0.481 e. The number of oxime groups is 1. The molecule has 0 aromatic carbocycles. The number of carboxylic acid groups (broad SMARTS) is 1. The molecule has 5 N–H and O–H groups in total. The lowest BCUT2D eigenvalue weighted by molar-refractivity contribution is -0.157. The molecule has 4 rings (SSSR count). The number of fused-ring (bicyclic) bond motifs is 1. The molecule has 0 spiro atoms. The number of carbonyl (C=O) groups excluding carboxylic acids is 3. The lowest BCUT2D eigenvalue weighted by atomic mass is 9.89. The van der Waals surface area contributed by atoms with Gasteiger partial charge in [0, 0.05) is 29.6 Å². The van der Waals surface area contributed by atoms with E-state index in [2.05, 4.69) is 35.3 Å². The van der Waals surface area contributed by atoms with Gasteiger partial charge in [-0.25, -0.2) is 4.79 Å². The average molecular weight is 646 g/mol. The summed E-state index contributed by atoms with van der Waals surface area (Å²) in [4.78, 5) is 60.2. The zero-order chi connectivity index (χ0) is 29.9. The average Bonchev–Trinajstić information content (AvgIpc) is 3.55. The topological polar surface area (TPSA) is 224 Å². The zero-order valence-corrected chi connectivity index (χ0v) is 25.5. The first-order chi connectivity index (χ1) is 19.3. The van der Waals surface area contributed by atoms with Gasteiger partial charge >= 0.3 is 12.1 Å². The number of rotatable bonds is 10. The van der Waals surface area contributed by atoms with Crippen LogP contribution in [-0.2, 0) is 30.5 Å². The molecule has 20 heteroatoms. The second kappa shape index (κ2) is 12.3. The van der Waals surface area contributed by atoms with E-state index < -0.39 is 46.3 Å². The first-order valence-electron chi connectivity index (χ1n) is 11.9. The van der Waals surface area contributed by atoms with E-state index >= 15 is 0 Å². The van der Waals surface area contributed by atoms with E-state index in [0.717, 1.165) is 11.5 Å². The van der Waals surface area contributed by atoms with Crippen LogP contribution in [0.1, 0.15) is 31.6 Å². The van der Waals surface area contributed by atoms with Gasteiger partial charge in [0.1, 0.15) is 34.5 Å². The van der Waals surface area contributed by atoms with E-state index in [1.54, 1.807) is 20.8 Å². The Morgan fingerprint density at radius 1 is 1.32 bits per heavy atom. The van der Waals surface area contributed by atoms with Crippen LogP contribution in [0.3, 0.4) is 0 Å². The molecule has 41 heavy (non-hydrogen) atoms. The van der Waals surface area contributed by atoms with Crippen LogP contribution in [0.4, 0.5) is 9.93 Å². The van der Waals surface area contributed by atoms with E-state index in [1.165, 1.54) is 46.9 Å². The number of nitrogens with one attached hydrogen (secondary N) is 2. The fourth-order valence-electron chi connectivity index (χ4n) is 3.75. The molecular weight excluding hydrogens is 619 g/mol. The molecule has 3 atom stereocenters. The number of carboxylic acids is 1. The van der Waals surface area contributed by atoms with Crippen molar-refractivity contribution in [1.29, 1.82) is 0 Å². The Balaban J connectivity index is 1.33. The highest BCUT2D eigenvalue weighted by Gasteiger charge is 2.57. The normalized spacial score (nSPS) is 22.4. The van der Waals surface area contributed by atoms with Crippen LogP contribution < -0.4 is 16.4 Å². The number of hydrogen-bond acceptors (Lipinski definition) is 16. The summed E-state index contributed by atoms with van der Waals surface area (Å²) in [5, 5.41) is 27.3. The van der Waals surface area contributed by atoms with Crippen LogP contribution in [0, 0.1) is 5.41 Å². The Bertz CT molecular complexity index is 1360. The maximum Gasteiger partial charge on any atom is 0.408 e. The van der Waals surface area contributed by atoms with Gasteiger partial charge in [-0.15, -0.1) is 22.0 Å². The molecule has 2 unspecified atom stereocenters. The lowest BCUT2D eigenvalue weighted by Gasteiger charge is -2.53. The molecule has 222 valence electrons. The van der Waals surface area contributed by atoms with Gasteiger partial charge in [0.2, 0.25) is 17.4 Å². The third-order valence-corrected chi connectivity index (χ3v) is 10.1. The van der Waals surface area contributed by atoms with Crippen LogP contribution in [0.2, 0.25) is 0 Å². The number of amides is 3. The minimum absolute atomic E-state index is 0.0332. The SMILES string of the molecule is CON=C(C(=O)NC1C(=O)N2CC(CSc3nnc(CNC(=O)OC(C)(C)C)s3)(C(=O)O)CS[C@H]12)c1nsc(N)n1. The van der Waals surface area contributed by atoms with Gasteiger partial charge in [0.15, 0.2) is 9.47 Å². The third-order valence-electron chi connectivity index (χ3n) is 5.64. The molecule has 4 heterocycles. The smallest absolute Gasteiger partial charge is 0.408 e. The van der Waals surface area contributed by atoms with E-state index in [4.69, 9.17) is 15.3 Å². The number of ether oxygens (including phenoxy) is 1. The Morgan fingerprint density at radius 2 is 2.07 bits per heavy atom. The summed E-state index contributed by atoms with van der Waals surface area (Å²) in [7, 11) is 1.25. The highest BCUT2D eigenvalue weighted by Crippen LogP contribution is 2.44. The second-order valence-corrected chi connectivity index (χ2v) is 14.1. The Hall–Kier alpha value is -3.23. The zero-order valence-electron chi connectivity index (χ0n) is 22.3. The highest BCUT2D eigenvalue weighted by molar-refractivity contribution is 8.01. The van der Waals surface area contributed by atoms with Gasteiger partial charge in [0.25, 0.3) is 5.91 Å². The molecule has 0 bridgehead atoms. The standard InChI is InChI=1S/C21H27N9O7S4/c1-20(2,3)37-18(35)23-5-9-26-27-19(40-9)39-8-21(16(33)34)6-30-14(32)11(15(30)38-7-21)24-13(31)10(28-36-4)12-25-17(22)41-29-12/h11,15H,5-8H2,1-4H3,(H,23,35)(H,24,31)(H,33,34)(H2,22,25,29)/t11?,15-,21?/m1/s1. The molecule has 2 aromatic rings. The number of hydrogen-bond donors (Lipinski definition) is 4. The summed E-state index contributed by atoms with van der Waals surface area (Å²) in [5.74, 6) is -1.88. The first-order valence-corrected chi connectivity index (χ1v) is 15.5. The molecule has 2 aromatic heterocycles. The van der Waals surface area contributed by atoms with Crippen LogP contribution in [0.15, 0.2) is 9.50 Å². The first kappa shape index (κ1) is 30.7. The van der Waals surface area contributed by atoms with Gasteiger partial charge in [-0.1, -0.05) is 28.3 Å². The van der Waals surface area contributed by atoms with Crippen molar-refractivity contribution in [2.24, 2.45) is 10.6 Å². The summed E-state index contributed by atoms with van der Waals surface area (Å²) in [6, 6.07) is -0.881. The Morgan fingerprint density at radius 3 is 2.71 bits per heavy atom. The molecule has 0 saturated carbocycles. The number of nitrogen functional groups attached to an aromatic ring is 1. The number of thioether (sulfide) groups is 2. The van der Waals surface area contributed by atoms with Gasteiger partial charge in [-0.05, 0) is 20.8 Å². The second-order valence-electron chi connectivity index (χ2n) is 9.89. The summed E-state index contributed by atoms with van der Waals surface area (Å²) < 4.78 is 9.68. The number of nitrogens with two attached hydrogens (primary N) is 1. The summed E-state index contributed by atoms with van der Waals surface area (Å²) in [6.07, 6.45) is -0.582. The van der Waals surface area contributed by atoms with Gasteiger partial charge < -0.3 is 35.9 Å². The number of nitrogens with zero attached hydrogens (tertiary/aromatic N) is 6. The Labute approximate surface area is 250 Å². The number of alkyl carbamates (subject to hydrolysis) is 1. The molecule has 2 aliphatic rings. The van der Waals surface area contributed by atoms with E-state index in [-0.39, 0.29) is 41.3 Å². The van der Waals surface area contributed by atoms with Gasteiger partial charge in [-0.2, -0.15) is 9.36 Å². The monoisotopic (exact) mass is 645 g/mol. The maximum atomic E-state index is 13.0. The largest absolute Gasteiger partial charge is 0.481 e. The van der Waals surface area contributed by atoms with Crippen LogP contribution in [0.5, 0.6) is 0 Å². The Kier molecular flexibility index (Phi) is 9.24. The third kappa shape index (κ3) is 7.16. The molecule has 0 aliphatic carbocycles. The van der Waals surface area contributed by atoms with E-state index in [9.17, 15) is 24.3 Å². The summed E-state index contributed by atoms with van der Waals surface area (Å²) >= 11 is 4.58. The molecular formula is C21H27N9O7S4. The van der Waals surface area contributed by atoms with Crippen molar-refractivity contribution in [3.63, 3.8) is 0 Å². The molecule has 2 fully saturated rings. The van der Waals surface area contributed by atoms with Crippen molar-refractivity contribution in [2.75, 3.05) is 30.9 Å². The van der Waals surface area contributed by atoms with Crippen LogP contribution in [0.25, 0.3) is 0 Å². The molecule has 3 amide bonds. The molecule has 2 saturated heterocycles. The highest BCUT2D eigenvalue weighted by atomic mass is 32.2. The van der Waals surface area contributed by atoms with E-state index in [0.29, 0.717) is 9.35 Å². The molecule has 16 nitrogen and oxygen atoms in total. The number of aromatic nitrogens is 4. The summed E-state index contributed by atoms with van der Waals surface area (Å²) in [5.41, 5.74) is 3.48. The predicted octanol–water partition coefficient (Wildman–Crippen LogP) is 0.610. The number of aliphatic carboxylic acids is 1. The quantitative estimate of drug-likeness (QED) is 0.120. The van der Waals surface area contributed by atoms with Crippen molar-refractivity contribution in [2.45, 2.75) is 48.7 Å². The molecule has 0 radical (unpaired) electrons. The van der Waals surface area contributed by atoms with Crippen molar-refractivity contribution in [3.8, 4) is 0 Å². The van der Waals surface area contributed by atoms with Gasteiger partial charge in [0.05, 0.1) is 6.54 Å². The fourth-order valence-corrected chi connectivity index (χ4v) is 7.88. The van der Waals surface area contributed by atoms with Crippen molar-refractivity contribution < 1.29 is 33.9 Å². The van der Waals surface area contributed by atoms with Gasteiger partial charge in [-0.3, -0.25) is 14.4 Å².